The fourth-order valence-corrected chi connectivity index (χ4v) is 3.59. The molecule has 2 atom stereocenters. The van der Waals surface area contributed by atoms with Crippen molar-refractivity contribution < 1.29 is 5.11 Å². The van der Waals surface area contributed by atoms with E-state index in [9.17, 15) is 0 Å². The van der Waals surface area contributed by atoms with Gasteiger partial charge in [-0.1, -0.05) is 0 Å². The summed E-state index contributed by atoms with van der Waals surface area (Å²) in [6.45, 7) is 0.485. The van der Waals surface area contributed by atoms with Gasteiger partial charge < -0.3 is 5.11 Å². The maximum absolute atomic E-state index is 9.06. The van der Waals surface area contributed by atoms with Gasteiger partial charge in [-0.15, -0.1) is 0 Å². The molecule has 1 N–H and O–H groups in total. The zero-order valence-corrected chi connectivity index (χ0v) is 5.51. The van der Waals surface area contributed by atoms with Crippen molar-refractivity contribution >= 4 is 0 Å². The molecule has 4 aliphatic rings. The standard InChI is InChI=1S/C8H12O/c9-4-8-3-5-1-6(8)7(8)2-5/h5-7,9H,1-4H2/t5?,6-,7-,8?/m1/s1. The van der Waals surface area contributed by atoms with Crippen LogP contribution in [0.4, 0.5) is 0 Å². The third-order valence-corrected chi connectivity index (χ3v) is 3.99. The lowest BCUT2D eigenvalue weighted by molar-refractivity contribution is 0.203. The molecule has 4 saturated carbocycles. The van der Waals surface area contributed by atoms with Gasteiger partial charge in [0, 0.05) is 6.61 Å². The Labute approximate surface area is 55.1 Å². The summed E-state index contributed by atoms with van der Waals surface area (Å²) >= 11 is 0. The van der Waals surface area contributed by atoms with Crippen molar-refractivity contribution in [1.82, 2.24) is 0 Å². The quantitative estimate of drug-likeness (QED) is 0.553. The molecule has 4 bridgehead atoms. The van der Waals surface area contributed by atoms with Crippen LogP contribution >= 0.6 is 0 Å². The Hall–Kier alpha value is -0.0400. The van der Waals surface area contributed by atoms with Gasteiger partial charge in [-0.25, -0.2) is 0 Å². The van der Waals surface area contributed by atoms with Crippen molar-refractivity contribution in [3.63, 3.8) is 0 Å². The van der Waals surface area contributed by atoms with Crippen LogP contribution in [0.25, 0.3) is 0 Å². The number of aliphatic hydroxyl groups excluding tert-OH is 1. The lowest BCUT2D eigenvalue weighted by Gasteiger charge is -2.03. The average Bonchev–Trinajstić information content (AvgIpc) is 2.44. The summed E-state index contributed by atoms with van der Waals surface area (Å²) in [7, 11) is 0. The minimum atomic E-state index is 0.485. The van der Waals surface area contributed by atoms with E-state index in [1.807, 2.05) is 0 Å². The van der Waals surface area contributed by atoms with Crippen LogP contribution in [0.15, 0.2) is 0 Å². The second-order valence-corrected chi connectivity index (χ2v) is 4.15. The highest BCUT2D eigenvalue weighted by molar-refractivity contribution is 5.21. The fourth-order valence-electron chi connectivity index (χ4n) is 3.59. The maximum Gasteiger partial charge on any atom is 0.0493 e. The summed E-state index contributed by atoms with van der Waals surface area (Å²) in [4.78, 5) is 0. The molecule has 4 aliphatic carbocycles. The van der Waals surface area contributed by atoms with Crippen molar-refractivity contribution in [3.8, 4) is 0 Å². The van der Waals surface area contributed by atoms with Crippen molar-refractivity contribution in [2.45, 2.75) is 19.3 Å². The molecule has 50 valence electrons. The topological polar surface area (TPSA) is 20.2 Å². The highest BCUT2D eigenvalue weighted by atomic mass is 16.3. The van der Waals surface area contributed by atoms with Crippen LogP contribution in [-0.4, -0.2) is 11.7 Å². The molecule has 1 nitrogen and oxygen atoms in total. The van der Waals surface area contributed by atoms with Gasteiger partial charge in [-0.2, -0.15) is 0 Å². The molecule has 4 fully saturated rings. The Morgan fingerprint density at radius 2 is 2.00 bits per heavy atom. The molecule has 0 unspecified atom stereocenters. The van der Waals surface area contributed by atoms with Gasteiger partial charge in [0.15, 0.2) is 0 Å². The number of hydrogen-bond acceptors (Lipinski definition) is 1. The van der Waals surface area contributed by atoms with Crippen molar-refractivity contribution in [2.24, 2.45) is 23.2 Å². The van der Waals surface area contributed by atoms with Crippen LogP contribution in [0.2, 0.25) is 0 Å². The molecule has 0 heterocycles. The molecule has 0 aromatic carbocycles. The van der Waals surface area contributed by atoms with Gasteiger partial charge >= 0.3 is 0 Å². The molecule has 0 amide bonds. The van der Waals surface area contributed by atoms with Gasteiger partial charge in [0.1, 0.15) is 0 Å². The second-order valence-electron chi connectivity index (χ2n) is 4.15. The summed E-state index contributed by atoms with van der Waals surface area (Å²) in [5, 5.41) is 9.06. The van der Waals surface area contributed by atoms with E-state index in [1.54, 1.807) is 0 Å². The monoisotopic (exact) mass is 124 g/mol. The molecule has 9 heavy (non-hydrogen) atoms. The third-order valence-electron chi connectivity index (χ3n) is 3.99. The van der Waals surface area contributed by atoms with Crippen LogP contribution < -0.4 is 0 Å². The lowest BCUT2D eigenvalue weighted by Crippen LogP contribution is -2.04. The predicted octanol–water partition coefficient (Wildman–Crippen LogP) is 1.02. The van der Waals surface area contributed by atoms with Gasteiger partial charge in [0.2, 0.25) is 0 Å². The largest absolute Gasteiger partial charge is 0.396 e. The SMILES string of the molecule is OCC12CC3C[C@@H]1[C@H]2C3. The first-order chi connectivity index (χ1) is 4.37. The van der Waals surface area contributed by atoms with Gasteiger partial charge in [0.25, 0.3) is 0 Å². The first-order valence-electron chi connectivity index (χ1n) is 3.98. The Bertz CT molecular complexity index is 152. The molecular weight excluding hydrogens is 112 g/mol. The highest BCUT2D eigenvalue weighted by Crippen LogP contribution is 2.78. The van der Waals surface area contributed by atoms with Gasteiger partial charge in [-0.3, -0.25) is 0 Å². The smallest absolute Gasteiger partial charge is 0.0493 e. The molecule has 0 radical (unpaired) electrons. The highest BCUT2D eigenvalue weighted by Gasteiger charge is 2.73. The van der Waals surface area contributed by atoms with E-state index in [0.29, 0.717) is 12.0 Å². The molecule has 0 saturated heterocycles. The minimum Gasteiger partial charge on any atom is -0.396 e. The number of hydrogen-bond donors (Lipinski definition) is 1. The first kappa shape index (κ1) is 4.73. The van der Waals surface area contributed by atoms with E-state index < -0.39 is 0 Å². The molecule has 0 aromatic rings. The normalized spacial score (nSPS) is 67.0. The van der Waals surface area contributed by atoms with Crippen molar-refractivity contribution in [1.29, 1.82) is 0 Å². The molecule has 1 heteroatoms. The van der Waals surface area contributed by atoms with Crippen LogP contribution in [0, 0.1) is 23.2 Å². The number of aliphatic hydroxyl groups is 1. The van der Waals surface area contributed by atoms with Crippen LogP contribution in [-0.2, 0) is 0 Å². The lowest BCUT2D eigenvalue weighted by atomic mass is 10.1. The maximum atomic E-state index is 9.06. The second kappa shape index (κ2) is 1.07. The first-order valence-corrected chi connectivity index (χ1v) is 3.98. The predicted molar refractivity (Wildman–Crippen MR) is 33.8 cm³/mol. The molecule has 0 aliphatic heterocycles. The van der Waals surface area contributed by atoms with E-state index in [4.69, 9.17) is 5.11 Å². The molecule has 0 aromatic heterocycles. The molecule has 4 rings (SSSR count). The Morgan fingerprint density at radius 3 is 2.22 bits per heavy atom. The Balaban J connectivity index is 2.02. The summed E-state index contributed by atoms with van der Waals surface area (Å²) in [6, 6.07) is 0. The summed E-state index contributed by atoms with van der Waals surface area (Å²) in [6.07, 6.45) is 4.26. The van der Waals surface area contributed by atoms with Crippen molar-refractivity contribution in [2.75, 3.05) is 6.61 Å². The zero-order chi connectivity index (χ0) is 6.06. The van der Waals surface area contributed by atoms with E-state index in [1.165, 1.54) is 19.3 Å². The van der Waals surface area contributed by atoms with Crippen LogP contribution in [0.3, 0.4) is 0 Å². The summed E-state index contributed by atoms with van der Waals surface area (Å²) in [5.41, 5.74) is 0.491. The molecular formula is C8H12O. The average molecular weight is 124 g/mol. The Morgan fingerprint density at radius 1 is 1.33 bits per heavy atom. The zero-order valence-electron chi connectivity index (χ0n) is 5.51. The summed E-state index contributed by atoms with van der Waals surface area (Å²) < 4.78 is 0. The van der Waals surface area contributed by atoms with Crippen molar-refractivity contribution in [3.05, 3.63) is 0 Å². The van der Waals surface area contributed by atoms with Crippen LogP contribution in [0.5, 0.6) is 0 Å². The van der Waals surface area contributed by atoms with Gasteiger partial charge in [0.05, 0.1) is 0 Å². The fraction of sp³-hybridized carbons (Fsp3) is 1.00. The van der Waals surface area contributed by atoms with E-state index in [-0.39, 0.29) is 0 Å². The Kier molecular flexibility index (Phi) is 0.563. The summed E-state index contributed by atoms with van der Waals surface area (Å²) in [5.74, 6) is 2.95. The van der Waals surface area contributed by atoms with Crippen LogP contribution in [0.1, 0.15) is 19.3 Å². The van der Waals surface area contributed by atoms with E-state index in [0.717, 1.165) is 17.8 Å². The minimum absolute atomic E-state index is 0.485. The molecule has 0 spiro atoms. The van der Waals surface area contributed by atoms with E-state index >= 15 is 0 Å². The third kappa shape index (κ3) is 0.315. The van der Waals surface area contributed by atoms with E-state index in [2.05, 4.69) is 0 Å². The number of rotatable bonds is 1. The van der Waals surface area contributed by atoms with Gasteiger partial charge in [-0.05, 0) is 42.4 Å².